The predicted molar refractivity (Wildman–Crippen MR) is 77.1 cm³/mol. The number of ether oxygens (including phenoxy) is 1. The summed E-state index contributed by atoms with van der Waals surface area (Å²) >= 11 is 0. The molecule has 0 spiro atoms. The van der Waals surface area contributed by atoms with Gasteiger partial charge >= 0.3 is 5.97 Å². The van der Waals surface area contributed by atoms with E-state index in [2.05, 4.69) is 22.2 Å². The number of hydrogen-bond acceptors (Lipinski definition) is 5. The van der Waals surface area contributed by atoms with Crippen molar-refractivity contribution in [1.82, 2.24) is 24.5 Å². The van der Waals surface area contributed by atoms with Crippen LogP contribution in [0.1, 0.15) is 55.5 Å². The highest BCUT2D eigenvalue weighted by atomic mass is 16.5. The van der Waals surface area contributed by atoms with Gasteiger partial charge in [0.1, 0.15) is 0 Å². The first-order valence-corrected chi connectivity index (χ1v) is 7.17. The standard InChI is InChI=1S/C14H21N5O2/c1-5-18-9-15-7-11(18)8-19-13(10(3)4)12(16-17-19)14(20)21-6-2/h7,9-10H,5-6,8H2,1-4H3. The van der Waals surface area contributed by atoms with Gasteiger partial charge in [-0.3, -0.25) is 0 Å². The Kier molecular flexibility index (Phi) is 4.72. The summed E-state index contributed by atoms with van der Waals surface area (Å²) < 4.78 is 8.83. The van der Waals surface area contributed by atoms with Crippen molar-refractivity contribution >= 4 is 5.97 Å². The summed E-state index contributed by atoms with van der Waals surface area (Å²) in [5.74, 6) is -0.297. The molecule has 0 saturated heterocycles. The number of hydrogen-bond donors (Lipinski definition) is 0. The van der Waals surface area contributed by atoms with E-state index in [9.17, 15) is 4.79 Å². The van der Waals surface area contributed by atoms with Crippen LogP contribution in [-0.4, -0.2) is 37.1 Å². The number of rotatable bonds is 6. The lowest BCUT2D eigenvalue weighted by atomic mass is 10.1. The minimum Gasteiger partial charge on any atom is -0.461 e. The fourth-order valence-corrected chi connectivity index (χ4v) is 2.27. The van der Waals surface area contributed by atoms with Gasteiger partial charge in [-0.2, -0.15) is 0 Å². The molecule has 2 heterocycles. The highest BCUT2D eigenvalue weighted by Gasteiger charge is 2.23. The summed E-state index contributed by atoms with van der Waals surface area (Å²) in [6, 6.07) is 0. The highest BCUT2D eigenvalue weighted by molar-refractivity contribution is 5.88. The third-order valence-electron chi connectivity index (χ3n) is 3.24. The van der Waals surface area contributed by atoms with Crippen LogP contribution in [0.25, 0.3) is 0 Å². The Bertz CT molecular complexity index is 615. The van der Waals surface area contributed by atoms with E-state index in [1.54, 1.807) is 24.1 Å². The lowest BCUT2D eigenvalue weighted by molar-refractivity contribution is 0.0517. The van der Waals surface area contributed by atoms with Crippen molar-refractivity contribution in [2.24, 2.45) is 0 Å². The molecule has 0 N–H and O–H groups in total. The molecule has 0 aromatic carbocycles. The Hall–Kier alpha value is -2.18. The number of esters is 1. The molecular weight excluding hydrogens is 270 g/mol. The van der Waals surface area contributed by atoms with Crippen LogP contribution in [0.4, 0.5) is 0 Å². The normalized spacial score (nSPS) is 11.1. The second-order valence-corrected chi connectivity index (χ2v) is 5.03. The second kappa shape index (κ2) is 6.51. The topological polar surface area (TPSA) is 74.8 Å². The van der Waals surface area contributed by atoms with Gasteiger partial charge in [-0.1, -0.05) is 19.1 Å². The number of aryl methyl sites for hydroxylation is 1. The number of carbonyl (C=O) groups excluding carboxylic acids is 1. The third-order valence-corrected chi connectivity index (χ3v) is 3.24. The van der Waals surface area contributed by atoms with Crippen LogP contribution < -0.4 is 0 Å². The molecule has 7 heteroatoms. The van der Waals surface area contributed by atoms with E-state index in [1.165, 1.54) is 0 Å². The lowest BCUT2D eigenvalue weighted by Crippen LogP contribution is -2.14. The number of carbonyl (C=O) groups is 1. The molecule has 0 unspecified atom stereocenters. The van der Waals surface area contributed by atoms with E-state index in [1.807, 2.05) is 18.4 Å². The zero-order chi connectivity index (χ0) is 15.4. The molecule has 0 saturated carbocycles. The summed E-state index contributed by atoms with van der Waals surface area (Å²) in [7, 11) is 0. The predicted octanol–water partition coefficient (Wildman–Crippen LogP) is 1.84. The average Bonchev–Trinajstić information content (AvgIpc) is 3.05. The maximum atomic E-state index is 12.0. The Morgan fingerprint density at radius 1 is 1.38 bits per heavy atom. The van der Waals surface area contributed by atoms with Gasteiger partial charge in [0.2, 0.25) is 0 Å². The molecule has 0 radical (unpaired) electrons. The fourth-order valence-electron chi connectivity index (χ4n) is 2.27. The molecule has 21 heavy (non-hydrogen) atoms. The average molecular weight is 291 g/mol. The lowest BCUT2D eigenvalue weighted by Gasteiger charge is -2.11. The van der Waals surface area contributed by atoms with Crippen molar-refractivity contribution in [3.05, 3.63) is 29.6 Å². The molecule has 0 aliphatic heterocycles. The van der Waals surface area contributed by atoms with Gasteiger partial charge in [-0.05, 0) is 19.8 Å². The van der Waals surface area contributed by atoms with Gasteiger partial charge in [-0.25, -0.2) is 14.5 Å². The molecule has 0 aliphatic rings. The van der Waals surface area contributed by atoms with Crippen molar-refractivity contribution in [3.8, 4) is 0 Å². The van der Waals surface area contributed by atoms with Gasteiger partial charge in [0.25, 0.3) is 0 Å². The fraction of sp³-hybridized carbons (Fsp3) is 0.571. The maximum Gasteiger partial charge on any atom is 0.360 e. The first-order valence-electron chi connectivity index (χ1n) is 7.17. The molecule has 0 amide bonds. The first kappa shape index (κ1) is 15.2. The van der Waals surface area contributed by atoms with Gasteiger partial charge in [0, 0.05) is 6.54 Å². The molecule has 2 aromatic rings. The Balaban J connectivity index is 2.34. The Morgan fingerprint density at radius 3 is 2.76 bits per heavy atom. The molecular formula is C14H21N5O2. The number of aromatic nitrogens is 5. The van der Waals surface area contributed by atoms with Crippen molar-refractivity contribution in [2.45, 2.75) is 46.7 Å². The highest BCUT2D eigenvalue weighted by Crippen LogP contribution is 2.19. The van der Waals surface area contributed by atoms with Crippen molar-refractivity contribution < 1.29 is 9.53 Å². The van der Waals surface area contributed by atoms with E-state index >= 15 is 0 Å². The quantitative estimate of drug-likeness (QED) is 0.759. The van der Waals surface area contributed by atoms with Gasteiger partial charge < -0.3 is 9.30 Å². The van der Waals surface area contributed by atoms with E-state index in [-0.39, 0.29) is 5.92 Å². The zero-order valence-electron chi connectivity index (χ0n) is 12.9. The molecule has 114 valence electrons. The minimum atomic E-state index is -0.420. The third kappa shape index (κ3) is 3.12. The molecule has 2 aromatic heterocycles. The summed E-state index contributed by atoms with van der Waals surface area (Å²) in [6.07, 6.45) is 3.59. The Morgan fingerprint density at radius 2 is 2.14 bits per heavy atom. The molecule has 0 atom stereocenters. The summed E-state index contributed by atoms with van der Waals surface area (Å²) in [6.45, 7) is 9.55. The zero-order valence-corrected chi connectivity index (χ0v) is 12.9. The van der Waals surface area contributed by atoms with E-state index in [0.717, 1.165) is 17.9 Å². The van der Waals surface area contributed by atoms with Crippen molar-refractivity contribution in [3.63, 3.8) is 0 Å². The maximum absolute atomic E-state index is 12.0. The number of imidazole rings is 1. The first-order chi connectivity index (χ1) is 10.1. The van der Waals surface area contributed by atoms with Crippen LogP contribution in [0.2, 0.25) is 0 Å². The number of nitrogens with zero attached hydrogens (tertiary/aromatic N) is 5. The largest absolute Gasteiger partial charge is 0.461 e. The molecule has 0 bridgehead atoms. The molecule has 2 rings (SSSR count). The minimum absolute atomic E-state index is 0.123. The van der Waals surface area contributed by atoms with E-state index < -0.39 is 5.97 Å². The van der Waals surface area contributed by atoms with Crippen molar-refractivity contribution in [1.29, 1.82) is 0 Å². The molecule has 0 fully saturated rings. The summed E-state index contributed by atoms with van der Waals surface area (Å²) in [5.41, 5.74) is 2.12. The van der Waals surface area contributed by atoms with Crippen LogP contribution in [-0.2, 0) is 17.8 Å². The molecule has 0 aliphatic carbocycles. The summed E-state index contributed by atoms with van der Waals surface area (Å²) in [4.78, 5) is 16.1. The van der Waals surface area contributed by atoms with Crippen LogP contribution in [0.5, 0.6) is 0 Å². The van der Waals surface area contributed by atoms with Gasteiger partial charge in [0.15, 0.2) is 5.69 Å². The van der Waals surface area contributed by atoms with Crippen LogP contribution in [0, 0.1) is 0 Å². The van der Waals surface area contributed by atoms with Crippen LogP contribution >= 0.6 is 0 Å². The SMILES string of the molecule is CCOC(=O)c1nnn(Cc2cncn2CC)c1C(C)C. The second-order valence-electron chi connectivity index (χ2n) is 5.03. The smallest absolute Gasteiger partial charge is 0.360 e. The van der Waals surface area contributed by atoms with Gasteiger partial charge in [-0.15, -0.1) is 5.10 Å². The van der Waals surface area contributed by atoms with Crippen molar-refractivity contribution in [2.75, 3.05) is 6.61 Å². The monoisotopic (exact) mass is 291 g/mol. The van der Waals surface area contributed by atoms with Crippen LogP contribution in [0.3, 0.4) is 0 Å². The van der Waals surface area contributed by atoms with Crippen LogP contribution in [0.15, 0.2) is 12.5 Å². The van der Waals surface area contributed by atoms with Gasteiger partial charge in [0.05, 0.1) is 37.1 Å². The van der Waals surface area contributed by atoms with E-state index in [0.29, 0.717) is 18.8 Å². The molecule has 7 nitrogen and oxygen atoms in total. The Labute approximate surface area is 123 Å². The van der Waals surface area contributed by atoms with E-state index in [4.69, 9.17) is 4.74 Å². The summed E-state index contributed by atoms with van der Waals surface area (Å²) in [5, 5.41) is 8.12.